The number of sulfonamides is 1. The van der Waals surface area contributed by atoms with Crippen LogP contribution in [0.25, 0.3) is 0 Å². The number of hydrogen-bond donors (Lipinski definition) is 2. The number of benzene rings is 1. The predicted molar refractivity (Wildman–Crippen MR) is 81.1 cm³/mol. The van der Waals surface area contributed by atoms with Crippen LogP contribution in [-0.4, -0.2) is 32.8 Å². The Kier molecular flexibility index (Phi) is 5.75. The van der Waals surface area contributed by atoms with Crippen molar-refractivity contribution in [3.8, 4) is 0 Å². The Morgan fingerprint density at radius 3 is 2.57 bits per heavy atom. The monoisotopic (exact) mass is 313 g/mol. The summed E-state index contributed by atoms with van der Waals surface area (Å²) in [5.41, 5.74) is 1.49. The highest BCUT2D eigenvalue weighted by molar-refractivity contribution is 7.88. The third-order valence-electron chi connectivity index (χ3n) is 3.88. The molecule has 1 heterocycles. The fourth-order valence-electron chi connectivity index (χ4n) is 2.62. The Hall–Kier alpha value is -0.950. The molecule has 1 saturated heterocycles. The summed E-state index contributed by atoms with van der Waals surface area (Å²) in [6.07, 6.45) is 1.98. The number of aliphatic hydroxyl groups excluding tert-OH is 1. The first kappa shape index (κ1) is 16.4. The van der Waals surface area contributed by atoms with Crippen LogP contribution in [-0.2, 0) is 27.1 Å². The second-order valence-corrected chi connectivity index (χ2v) is 7.26. The van der Waals surface area contributed by atoms with Crippen molar-refractivity contribution < 1.29 is 18.3 Å². The van der Waals surface area contributed by atoms with E-state index >= 15 is 0 Å². The zero-order valence-electron chi connectivity index (χ0n) is 12.3. The molecule has 2 rings (SSSR count). The van der Waals surface area contributed by atoms with Gasteiger partial charge in [-0.05, 0) is 24.0 Å². The van der Waals surface area contributed by atoms with E-state index in [1.807, 2.05) is 0 Å². The van der Waals surface area contributed by atoms with Gasteiger partial charge in [0.05, 0.1) is 18.5 Å². The smallest absolute Gasteiger partial charge is 0.215 e. The maximum atomic E-state index is 12.1. The third-order valence-corrected chi connectivity index (χ3v) is 5.20. The maximum absolute atomic E-state index is 12.1. The normalized spacial score (nSPS) is 22.6. The molecule has 0 aromatic heterocycles. The lowest BCUT2D eigenvalue weighted by Gasteiger charge is -2.17. The van der Waals surface area contributed by atoms with Crippen LogP contribution in [0.4, 0.5) is 0 Å². The molecule has 2 unspecified atom stereocenters. The van der Waals surface area contributed by atoms with E-state index in [0.717, 1.165) is 24.0 Å². The highest BCUT2D eigenvalue weighted by Crippen LogP contribution is 2.22. The Bertz CT molecular complexity index is 541. The average molecular weight is 313 g/mol. The molecule has 0 bridgehead atoms. The first-order valence-corrected chi connectivity index (χ1v) is 8.97. The lowest BCUT2D eigenvalue weighted by molar-refractivity contribution is 0.0884. The number of ether oxygens (including phenoxy) is 1. The van der Waals surface area contributed by atoms with Crippen molar-refractivity contribution in [3.05, 3.63) is 35.4 Å². The van der Waals surface area contributed by atoms with E-state index in [2.05, 4.69) is 11.6 Å². The van der Waals surface area contributed by atoms with Gasteiger partial charge in [-0.25, -0.2) is 13.1 Å². The molecule has 1 aromatic carbocycles. The first-order valence-electron chi connectivity index (χ1n) is 7.31. The van der Waals surface area contributed by atoms with E-state index in [0.29, 0.717) is 13.2 Å². The molecule has 118 valence electrons. The van der Waals surface area contributed by atoms with Crippen LogP contribution >= 0.6 is 0 Å². The van der Waals surface area contributed by atoms with Gasteiger partial charge in [0.2, 0.25) is 10.0 Å². The van der Waals surface area contributed by atoms with Gasteiger partial charge in [-0.2, -0.15) is 0 Å². The molecule has 1 fully saturated rings. The molecular formula is C15H23NO4S. The number of hydrogen-bond acceptors (Lipinski definition) is 4. The van der Waals surface area contributed by atoms with Crippen LogP contribution in [0.5, 0.6) is 0 Å². The van der Waals surface area contributed by atoms with Crippen molar-refractivity contribution in [1.82, 2.24) is 4.72 Å². The second kappa shape index (κ2) is 7.35. The zero-order chi connectivity index (χ0) is 15.3. The molecule has 0 spiro atoms. The summed E-state index contributed by atoms with van der Waals surface area (Å²) < 4.78 is 32.5. The number of nitrogens with one attached hydrogen (secondary N) is 1. The molecule has 1 aliphatic heterocycles. The third kappa shape index (κ3) is 4.78. The summed E-state index contributed by atoms with van der Waals surface area (Å²) in [6, 6.07) is 6.95. The highest BCUT2D eigenvalue weighted by atomic mass is 32.2. The summed E-state index contributed by atoms with van der Waals surface area (Å²) in [4.78, 5) is 0. The van der Waals surface area contributed by atoms with E-state index < -0.39 is 10.0 Å². The molecule has 6 heteroatoms. The van der Waals surface area contributed by atoms with Crippen LogP contribution < -0.4 is 4.72 Å². The number of rotatable bonds is 7. The van der Waals surface area contributed by atoms with Crippen molar-refractivity contribution in [3.63, 3.8) is 0 Å². The second-order valence-electron chi connectivity index (χ2n) is 5.45. The van der Waals surface area contributed by atoms with Gasteiger partial charge in [0.15, 0.2) is 0 Å². The van der Waals surface area contributed by atoms with E-state index in [1.165, 1.54) is 0 Å². The van der Waals surface area contributed by atoms with E-state index in [4.69, 9.17) is 9.84 Å². The summed E-state index contributed by atoms with van der Waals surface area (Å²) in [7, 11) is -3.34. The van der Waals surface area contributed by atoms with E-state index in [1.54, 1.807) is 24.3 Å². The van der Waals surface area contributed by atoms with Gasteiger partial charge in [0, 0.05) is 19.1 Å². The van der Waals surface area contributed by atoms with Gasteiger partial charge in [-0.3, -0.25) is 0 Å². The maximum Gasteiger partial charge on any atom is 0.215 e. The van der Waals surface area contributed by atoms with Gasteiger partial charge in [0.1, 0.15) is 0 Å². The Labute approximate surface area is 126 Å². The Morgan fingerprint density at radius 2 is 1.95 bits per heavy atom. The van der Waals surface area contributed by atoms with Gasteiger partial charge >= 0.3 is 0 Å². The van der Waals surface area contributed by atoms with Crippen molar-refractivity contribution in [1.29, 1.82) is 0 Å². The summed E-state index contributed by atoms with van der Waals surface area (Å²) in [5.74, 6) is 0.227. The molecule has 2 atom stereocenters. The molecule has 1 aromatic rings. The molecule has 5 nitrogen and oxygen atoms in total. The largest absolute Gasteiger partial charge is 0.392 e. The molecule has 0 aliphatic carbocycles. The van der Waals surface area contributed by atoms with Gasteiger partial charge in [-0.1, -0.05) is 31.2 Å². The first-order chi connectivity index (χ1) is 10.0. The molecule has 2 N–H and O–H groups in total. The predicted octanol–water partition coefficient (Wildman–Crippen LogP) is 1.41. The topological polar surface area (TPSA) is 75.6 Å². The minimum atomic E-state index is -3.34. The standard InChI is InChI=1S/C15H23NO4S/c1-2-15-14(7-8-20-15)9-16-21(18,19)11-13-5-3-12(10-17)4-6-13/h3-6,14-17H,2,7-11H2,1H3. The molecule has 0 saturated carbocycles. The van der Waals surface area contributed by atoms with Crippen LogP contribution in [0.1, 0.15) is 30.9 Å². The fraction of sp³-hybridized carbons (Fsp3) is 0.600. The minimum Gasteiger partial charge on any atom is -0.392 e. The van der Waals surface area contributed by atoms with Crippen LogP contribution in [0, 0.1) is 5.92 Å². The fourth-order valence-corrected chi connectivity index (χ4v) is 3.82. The number of aliphatic hydroxyl groups is 1. The van der Waals surface area contributed by atoms with Gasteiger partial charge in [-0.15, -0.1) is 0 Å². The van der Waals surface area contributed by atoms with Crippen molar-refractivity contribution in [2.45, 2.75) is 38.2 Å². The lowest BCUT2D eigenvalue weighted by atomic mass is 10.0. The van der Waals surface area contributed by atoms with Crippen molar-refractivity contribution >= 4 is 10.0 Å². The molecule has 0 amide bonds. The van der Waals surface area contributed by atoms with E-state index in [9.17, 15) is 8.42 Å². The highest BCUT2D eigenvalue weighted by Gasteiger charge is 2.27. The average Bonchev–Trinajstić information content (AvgIpc) is 2.93. The quantitative estimate of drug-likeness (QED) is 0.798. The zero-order valence-corrected chi connectivity index (χ0v) is 13.1. The van der Waals surface area contributed by atoms with E-state index in [-0.39, 0.29) is 24.4 Å². The van der Waals surface area contributed by atoms with Crippen LogP contribution in [0.3, 0.4) is 0 Å². The summed E-state index contributed by atoms with van der Waals surface area (Å²) in [5, 5.41) is 8.97. The van der Waals surface area contributed by atoms with Crippen molar-refractivity contribution in [2.75, 3.05) is 13.2 Å². The SMILES string of the molecule is CCC1OCCC1CNS(=O)(=O)Cc1ccc(CO)cc1. The molecule has 21 heavy (non-hydrogen) atoms. The summed E-state index contributed by atoms with van der Waals surface area (Å²) >= 11 is 0. The molecule has 0 radical (unpaired) electrons. The molecular weight excluding hydrogens is 290 g/mol. The van der Waals surface area contributed by atoms with Gasteiger partial charge < -0.3 is 9.84 Å². The lowest BCUT2D eigenvalue weighted by Crippen LogP contribution is -2.33. The van der Waals surface area contributed by atoms with Crippen LogP contribution in [0.2, 0.25) is 0 Å². The summed E-state index contributed by atoms with van der Waals surface area (Å²) in [6.45, 7) is 3.18. The minimum absolute atomic E-state index is 0.0363. The van der Waals surface area contributed by atoms with Crippen molar-refractivity contribution in [2.24, 2.45) is 5.92 Å². The molecule has 1 aliphatic rings. The van der Waals surface area contributed by atoms with Crippen LogP contribution in [0.15, 0.2) is 24.3 Å². The van der Waals surface area contributed by atoms with Gasteiger partial charge in [0.25, 0.3) is 0 Å². The Balaban J connectivity index is 1.89. The Morgan fingerprint density at radius 1 is 1.29 bits per heavy atom.